The molecular formula is C15H20N2O. The molecular weight excluding hydrogens is 224 g/mol. The molecule has 0 spiro atoms. The number of likely N-dealkylation sites (tertiary alicyclic amines) is 1. The number of hydrogen-bond donors (Lipinski definition) is 1. The first-order chi connectivity index (χ1) is 8.78. The van der Waals surface area contributed by atoms with Crippen LogP contribution < -0.4 is 5.73 Å². The molecule has 96 valence electrons. The van der Waals surface area contributed by atoms with Crippen molar-refractivity contribution in [1.29, 1.82) is 0 Å². The Labute approximate surface area is 108 Å². The largest absolute Gasteiger partial charge is 0.342 e. The van der Waals surface area contributed by atoms with Crippen molar-refractivity contribution in [2.75, 3.05) is 19.6 Å². The Morgan fingerprint density at radius 2 is 1.94 bits per heavy atom. The smallest absolute Gasteiger partial charge is 0.226 e. The fraction of sp³-hybridized carbons (Fsp3) is 0.533. The fourth-order valence-electron chi connectivity index (χ4n) is 3.22. The molecule has 2 aliphatic rings. The summed E-state index contributed by atoms with van der Waals surface area (Å²) < 4.78 is 0. The van der Waals surface area contributed by atoms with Crippen LogP contribution in [0.25, 0.3) is 0 Å². The fourth-order valence-corrected chi connectivity index (χ4v) is 3.22. The van der Waals surface area contributed by atoms with Crippen molar-refractivity contribution in [3.8, 4) is 0 Å². The Bertz CT molecular complexity index is 433. The molecule has 3 rings (SSSR count). The van der Waals surface area contributed by atoms with E-state index in [-0.39, 0.29) is 5.92 Å². The van der Waals surface area contributed by atoms with Crippen LogP contribution in [0.4, 0.5) is 0 Å². The zero-order chi connectivity index (χ0) is 12.5. The van der Waals surface area contributed by atoms with Crippen LogP contribution in [-0.4, -0.2) is 30.4 Å². The van der Waals surface area contributed by atoms with E-state index in [2.05, 4.69) is 24.3 Å². The summed E-state index contributed by atoms with van der Waals surface area (Å²) in [5.41, 5.74) is 8.39. The number of fused-ring (bicyclic) bond motifs is 1. The molecule has 1 atom stereocenters. The zero-order valence-corrected chi connectivity index (χ0v) is 10.6. The average molecular weight is 244 g/mol. The lowest BCUT2D eigenvalue weighted by Gasteiger charge is -2.20. The van der Waals surface area contributed by atoms with Crippen LogP contribution in [0.1, 0.15) is 17.5 Å². The van der Waals surface area contributed by atoms with Crippen LogP contribution in [0.2, 0.25) is 0 Å². The zero-order valence-electron chi connectivity index (χ0n) is 10.6. The molecule has 0 saturated carbocycles. The monoisotopic (exact) mass is 244 g/mol. The lowest BCUT2D eigenvalue weighted by atomic mass is 10.0. The van der Waals surface area contributed by atoms with Gasteiger partial charge in [-0.2, -0.15) is 0 Å². The summed E-state index contributed by atoms with van der Waals surface area (Å²) in [6, 6.07) is 8.42. The summed E-state index contributed by atoms with van der Waals surface area (Å²) in [5, 5.41) is 0. The van der Waals surface area contributed by atoms with Crippen molar-refractivity contribution in [2.24, 2.45) is 17.6 Å². The maximum absolute atomic E-state index is 12.5. The molecule has 1 fully saturated rings. The maximum Gasteiger partial charge on any atom is 0.226 e. The summed E-state index contributed by atoms with van der Waals surface area (Å²) in [7, 11) is 0. The van der Waals surface area contributed by atoms with Crippen LogP contribution in [0.3, 0.4) is 0 Å². The minimum absolute atomic E-state index is 0.166. The molecule has 2 N–H and O–H groups in total. The molecule has 1 aliphatic heterocycles. The molecule has 1 amide bonds. The van der Waals surface area contributed by atoms with Crippen molar-refractivity contribution >= 4 is 5.91 Å². The normalized spacial score (nSPS) is 23.4. The van der Waals surface area contributed by atoms with Gasteiger partial charge in [0, 0.05) is 19.0 Å². The van der Waals surface area contributed by atoms with Gasteiger partial charge < -0.3 is 10.6 Å². The van der Waals surface area contributed by atoms with E-state index in [4.69, 9.17) is 5.73 Å². The van der Waals surface area contributed by atoms with E-state index in [0.717, 1.165) is 32.4 Å². The molecule has 0 radical (unpaired) electrons. The summed E-state index contributed by atoms with van der Waals surface area (Å²) >= 11 is 0. The standard InChI is InChI=1S/C15H20N2O/c16-9-11-5-6-17(10-11)15(18)14-7-12-3-1-2-4-13(12)8-14/h1-4,11,14H,5-10,16H2. The average Bonchev–Trinajstić information content (AvgIpc) is 3.04. The predicted molar refractivity (Wildman–Crippen MR) is 71.1 cm³/mol. The van der Waals surface area contributed by atoms with E-state index < -0.39 is 0 Å². The van der Waals surface area contributed by atoms with Gasteiger partial charge in [0.2, 0.25) is 5.91 Å². The van der Waals surface area contributed by atoms with Gasteiger partial charge in [0.05, 0.1) is 0 Å². The van der Waals surface area contributed by atoms with E-state index in [1.165, 1.54) is 11.1 Å². The van der Waals surface area contributed by atoms with Gasteiger partial charge >= 0.3 is 0 Å². The Hall–Kier alpha value is -1.35. The first-order valence-corrected chi connectivity index (χ1v) is 6.83. The summed E-state index contributed by atoms with van der Waals surface area (Å²) in [4.78, 5) is 14.5. The molecule has 3 heteroatoms. The molecule has 1 aromatic carbocycles. The number of nitrogens with two attached hydrogens (primary N) is 1. The Morgan fingerprint density at radius 1 is 1.28 bits per heavy atom. The van der Waals surface area contributed by atoms with E-state index in [0.29, 0.717) is 18.4 Å². The molecule has 0 aromatic heterocycles. The van der Waals surface area contributed by atoms with Gasteiger partial charge in [-0.15, -0.1) is 0 Å². The van der Waals surface area contributed by atoms with Crippen LogP contribution in [-0.2, 0) is 17.6 Å². The van der Waals surface area contributed by atoms with Crippen molar-refractivity contribution in [3.05, 3.63) is 35.4 Å². The summed E-state index contributed by atoms with van der Waals surface area (Å²) in [6.07, 6.45) is 2.90. The molecule has 1 aromatic rings. The number of rotatable bonds is 2. The van der Waals surface area contributed by atoms with Crippen molar-refractivity contribution < 1.29 is 4.79 Å². The minimum Gasteiger partial charge on any atom is -0.342 e. The number of amides is 1. The van der Waals surface area contributed by atoms with Crippen molar-refractivity contribution in [1.82, 2.24) is 4.90 Å². The highest BCUT2D eigenvalue weighted by Crippen LogP contribution is 2.29. The molecule has 1 aliphatic carbocycles. The third-order valence-corrected chi connectivity index (χ3v) is 4.33. The topological polar surface area (TPSA) is 46.3 Å². The van der Waals surface area contributed by atoms with Crippen molar-refractivity contribution in [3.63, 3.8) is 0 Å². The molecule has 18 heavy (non-hydrogen) atoms. The highest BCUT2D eigenvalue weighted by molar-refractivity contribution is 5.80. The Balaban J connectivity index is 1.66. The SMILES string of the molecule is NCC1CCN(C(=O)C2Cc3ccccc3C2)C1. The van der Waals surface area contributed by atoms with Gasteiger partial charge in [0.15, 0.2) is 0 Å². The Kier molecular flexibility index (Phi) is 3.08. The predicted octanol–water partition coefficient (Wildman–Crippen LogP) is 1.21. The van der Waals surface area contributed by atoms with Crippen molar-refractivity contribution in [2.45, 2.75) is 19.3 Å². The summed E-state index contributed by atoms with van der Waals surface area (Å²) in [5.74, 6) is 1.01. The van der Waals surface area contributed by atoms with E-state index in [1.54, 1.807) is 0 Å². The van der Waals surface area contributed by atoms with Gasteiger partial charge in [-0.25, -0.2) is 0 Å². The molecule has 1 heterocycles. The van der Waals surface area contributed by atoms with Crippen LogP contribution >= 0.6 is 0 Å². The molecule has 3 nitrogen and oxygen atoms in total. The number of carbonyl (C=O) groups is 1. The number of carbonyl (C=O) groups excluding carboxylic acids is 1. The van der Waals surface area contributed by atoms with Gasteiger partial charge in [-0.05, 0) is 42.9 Å². The highest BCUT2D eigenvalue weighted by atomic mass is 16.2. The second-order valence-corrected chi connectivity index (χ2v) is 5.55. The minimum atomic E-state index is 0.166. The lowest BCUT2D eigenvalue weighted by molar-refractivity contribution is -0.134. The van der Waals surface area contributed by atoms with Crippen LogP contribution in [0, 0.1) is 11.8 Å². The quantitative estimate of drug-likeness (QED) is 0.850. The number of nitrogens with zero attached hydrogens (tertiary/aromatic N) is 1. The lowest BCUT2D eigenvalue weighted by Crippen LogP contribution is -2.35. The van der Waals surface area contributed by atoms with Gasteiger partial charge in [0.1, 0.15) is 0 Å². The molecule has 1 unspecified atom stereocenters. The van der Waals surface area contributed by atoms with Gasteiger partial charge in [0.25, 0.3) is 0 Å². The maximum atomic E-state index is 12.5. The molecule has 1 saturated heterocycles. The first kappa shape index (κ1) is 11.7. The second-order valence-electron chi connectivity index (χ2n) is 5.55. The third-order valence-electron chi connectivity index (χ3n) is 4.33. The van der Waals surface area contributed by atoms with E-state index in [9.17, 15) is 4.79 Å². The number of hydrogen-bond acceptors (Lipinski definition) is 2. The first-order valence-electron chi connectivity index (χ1n) is 6.83. The van der Waals surface area contributed by atoms with Gasteiger partial charge in [-0.3, -0.25) is 4.79 Å². The highest BCUT2D eigenvalue weighted by Gasteiger charge is 2.33. The number of benzene rings is 1. The van der Waals surface area contributed by atoms with E-state index in [1.807, 2.05) is 4.90 Å². The molecule has 0 bridgehead atoms. The van der Waals surface area contributed by atoms with E-state index >= 15 is 0 Å². The third kappa shape index (κ3) is 2.03. The summed E-state index contributed by atoms with van der Waals surface area (Å²) in [6.45, 7) is 2.46. The second kappa shape index (κ2) is 4.73. The van der Waals surface area contributed by atoms with Crippen LogP contribution in [0.5, 0.6) is 0 Å². The van der Waals surface area contributed by atoms with Gasteiger partial charge in [-0.1, -0.05) is 24.3 Å². The Morgan fingerprint density at radius 3 is 2.50 bits per heavy atom. The van der Waals surface area contributed by atoms with Crippen LogP contribution in [0.15, 0.2) is 24.3 Å².